The summed E-state index contributed by atoms with van der Waals surface area (Å²) in [6, 6.07) is 11.1. The Morgan fingerprint density at radius 2 is 1.86 bits per heavy atom. The molecule has 1 amide bonds. The molecule has 0 bridgehead atoms. The minimum absolute atomic E-state index is 0.0523. The van der Waals surface area contributed by atoms with Gasteiger partial charge in [0.1, 0.15) is 0 Å². The molecule has 0 unspecified atom stereocenters. The van der Waals surface area contributed by atoms with Crippen molar-refractivity contribution in [2.24, 2.45) is 5.10 Å². The van der Waals surface area contributed by atoms with E-state index in [4.69, 9.17) is 4.74 Å². The lowest BCUT2D eigenvalue weighted by Crippen LogP contribution is -2.24. The van der Waals surface area contributed by atoms with Gasteiger partial charge in [0.2, 0.25) is 11.7 Å². The molecule has 2 aliphatic rings. The summed E-state index contributed by atoms with van der Waals surface area (Å²) in [6.45, 7) is 3.64. The van der Waals surface area contributed by atoms with E-state index in [1.54, 1.807) is 13.0 Å². The molecule has 1 aromatic carbocycles. The number of amides is 1. The van der Waals surface area contributed by atoms with Crippen LogP contribution in [0.4, 0.5) is 0 Å². The molecule has 0 N–H and O–H groups in total. The first-order chi connectivity index (χ1) is 16.6. The summed E-state index contributed by atoms with van der Waals surface area (Å²) in [7, 11) is -3.06. The van der Waals surface area contributed by atoms with Crippen molar-refractivity contribution in [2.45, 2.75) is 45.6 Å². The van der Waals surface area contributed by atoms with Crippen LogP contribution in [-0.2, 0) is 24.2 Å². The van der Waals surface area contributed by atoms with Crippen molar-refractivity contribution in [3.8, 4) is 0 Å². The van der Waals surface area contributed by atoms with Crippen LogP contribution in [0.25, 0.3) is 0 Å². The first-order valence-corrected chi connectivity index (χ1v) is 13.5. The summed E-state index contributed by atoms with van der Waals surface area (Å²) in [6.07, 6.45) is 0.976. The number of carbonyl (C=O) groups excluding carboxylic acids is 3. The Morgan fingerprint density at radius 1 is 1.11 bits per heavy atom. The maximum Gasteiger partial charge on any atom is 0.306 e. The molecule has 2 aromatic rings. The van der Waals surface area contributed by atoms with Gasteiger partial charge in [-0.2, -0.15) is 5.10 Å². The third-order valence-corrected chi connectivity index (χ3v) is 8.21. The normalized spacial score (nSPS) is 19.0. The van der Waals surface area contributed by atoms with Crippen LogP contribution in [0.3, 0.4) is 0 Å². The van der Waals surface area contributed by atoms with Gasteiger partial charge >= 0.3 is 5.97 Å². The third-order valence-electron chi connectivity index (χ3n) is 6.46. The standard InChI is InChI=1S/C25H29N3O6S/c1-17-14-21(18(2)28(17)20-11-13-35(32,33)16-20)23(29)15-34-25(31)9-8-24(30)27-12-10-22(26-27)19-6-4-3-5-7-19/h3-7,14,20H,8-13,15-16H2,1-2H3/t20-/m0/s1. The average Bonchev–Trinajstić information content (AvgIpc) is 3.53. The molecule has 0 radical (unpaired) electrons. The van der Waals surface area contributed by atoms with Crippen molar-refractivity contribution in [2.75, 3.05) is 24.7 Å². The number of hydrogen-bond acceptors (Lipinski definition) is 7. The maximum absolute atomic E-state index is 12.7. The summed E-state index contributed by atoms with van der Waals surface area (Å²) in [5.74, 6) is -1.05. The third kappa shape index (κ3) is 5.70. The number of aryl methyl sites for hydroxylation is 1. The topological polar surface area (TPSA) is 115 Å². The monoisotopic (exact) mass is 499 g/mol. The molecule has 1 fully saturated rings. The van der Waals surface area contributed by atoms with Crippen molar-refractivity contribution in [3.05, 3.63) is 58.9 Å². The van der Waals surface area contributed by atoms with Crippen molar-refractivity contribution in [1.29, 1.82) is 0 Å². The minimum atomic E-state index is -3.06. The highest BCUT2D eigenvalue weighted by atomic mass is 32.2. The van der Waals surface area contributed by atoms with Gasteiger partial charge in [0.15, 0.2) is 16.4 Å². The lowest BCUT2D eigenvalue weighted by Gasteiger charge is -2.16. The van der Waals surface area contributed by atoms with Crippen molar-refractivity contribution >= 4 is 33.2 Å². The highest BCUT2D eigenvalue weighted by Crippen LogP contribution is 2.29. The van der Waals surface area contributed by atoms with Gasteiger partial charge in [-0.3, -0.25) is 14.4 Å². The van der Waals surface area contributed by atoms with Gasteiger partial charge in [0.25, 0.3) is 0 Å². The van der Waals surface area contributed by atoms with Crippen LogP contribution in [0, 0.1) is 13.8 Å². The SMILES string of the molecule is Cc1cc(C(=O)COC(=O)CCC(=O)N2CCC(c3ccccc3)=N2)c(C)n1[C@H]1CCS(=O)(=O)C1. The van der Waals surface area contributed by atoms with Crippen molar-refractivity contribution in [1.82, 2.24) is 9.58 Å². The summed E-state index contributed by atoms with van der Waals surface area (Å²) in [5.41, 5.74) is 3.68. The molecule has 0 aliphatic carbocycles. The van der Waals surface area contributed by atoms with Crippen LogP contribution in [0.2, 0.25) is 0 Å². The van der Waals surface area contributed by atoms with Crippen LogP contribution in [-0.4, -0.2) is 66.0 Å². The van der Waals surface area contributed by atoms with E-state index < -0.39 is 22.4 Å². The lowest BCUT2D eigenvalue weighted by atomic mass is 10.1. The number of nitrogens with zero attached hydrogens (tertiary/aromatic N) is 3. The van der Waals surface area contributed by atoms with Gasteiger partial charge in [-0.05, 0) is 31.9 Å². The van der Waals surface area contributed by atoms with Gasteiger partial charge in [0.05, 0.1) is 30.2 Å². The summed E-state index contributed by atoms with van der Waals surface area (Å²) < 4.78 is 30.7. The number of ether oxygens (including phenoxy) is 1. The van der Waals surface area contributed by atoms with Gasteiger partial charge in [0, 0.05) is 35.8 Å². The highest BCUT2D eigenvalue weighted by Gasteiger charge is 2.32. The number of hydrogen-bond donors (Lipinski definition) is 0. The first kappa shape index (κ1) is 24.8. The second-order valence-electron chi connectivity index (χ2n) is 8.98. The zero-order valence-electron chi connectivity index (χ0n) is 19.9. The summed E-state index contributed by atoms with van der Waals surface area (Å²) in [5, 5.41) is 5.74. The van der Waals surface area contributed by atoms with Crippen molar-refractivity contribution in [3.63, 3.8) is 0 Å². The number of carbonyl (C=O) groups is 3. The Bertz CT molecular complexity index is 1280. The Balaban J connectivity index is 1.27. The first-order valence-electron chi connectivity index (χ1n) is 11.7. The predicted octanol–water partition coefficient (Wildman–Crippen LogP) is 2.61. The van der Waals surface area contributed by atoms with E-state index in [2.05, 4.69) is 5.10 Å². The second kappa shape index (κ2) is 10.2. The molecule has 4 rings (SSSR count). The molecule has 35 heavy (non-hydrogen) atoms. The number of sulfone groups is 1. The average molecular weight is 500 g/mol. The summed E-state index contributed by atoms with van der Waals surface area (Å²) >= 11 is 0. The Hall–Kier alpha value is -3.27. The van der Waals surface area contributed by atoms with E-state index in [1.165, 1.54) is 5.01 Å². The Labute approximate surface area is 204 Å². The highest BCUT2D eigenvalue weighted by molar-refractivity contribution is 7.91. The maximum atomic E-state index is 12.7. The van der Waals surface area contributed by atoms with Crippen LogP contribution < -0.4 is 0 Å². The van der Waals surface area contributed by atoms with E-state index in [0.717, 1.165) is 17.0 Å². The molecule has 1 aromatic heterocycles. The Morgan fingerprint density at radius 3 is 2.54 bits per heavy atom. The molecule has 2 aliphatic heterocycles. The van der Waals surface area contributed by atoms with Crippen molar-refractivity contribution < 1.29 is 27.5 Å². The molecule has 0 spiro atoms. The number of Topliss-reactive ketones (excluding diaryl/α,β-unsaturated/α-hetero) is 1. The minimum Gasteiger partial charge on any atom is -0.457 e. The lowest BCUT2D eigenvalue weighted by molar-refractivity contribution is -0.145. The largest absolute Gasteiger partial charge is 0.457 e. The van der Waals surface area contributed by atoms with Crippen LogP contribution in [0.1, 0.15) is 59.0 Å². The van der Waals surface area contributed by atoms with E-state index in [0.29, 0.717) is 30.6 Å². The predicted molar refractivity (Wildman–Crippen MR) is 130 cm³/mol. The molecular formula is C25H29N3O6S. The zero-order chi connectivity index (χ0) is 25.2. The summed E-state index contributed by atoms with van der Waals surface area (Å²) in [4.78, 5) is 37.3. The Kier molecular flexibility index (Phi) is 7.20. The van der Waals surface area contributed by atoms with E-state index in [1.807, 2.05) is 41.8 Å². The molecule has 1 saturated heterocycles. The van der Waals surface area contributed by atoms with Crippen LogP contribution in [0.5, 0.6) is 0 Å². The molecule has 10 heteroatoms. The van der Waals surface area contributed by atoms with Crippen LogP contribution in [0.15, 0.2) is 41.5 Å². The number of aromatic nitrogens is 1. The fourth-order valence-corrected chi connectivity index (χ4v) is 6.40. The quantitative estimate of drug-likeness (QED) is 0.407. The fourth-order valence-electron chi connectivity index (χ4n) is 4.70. The molecule has 0 saturated carbocycles. The fraction of sp³-hybridized carbons (Fsp3) is 0.440. The van der Waals surface area contributed by atoms with Gasteiger partial charge < -0.3 is 9.30 Å². The van der Waals surface area contributed by atoms with E-state index in [9.17, 15) is 22.8 Å². The van der Waals surface area contributed by atoms with E-state index >= 15 is 0 Å². The van der Waals surface area contributed by atoms with Gasteiger partial charge in [-0.25, -0.2) is 13.4 Å². The molecule has 1 atom stereocenters. The number of hydrazone groups is 1. The molecule has 186 valence electrons. The van der Waals surface area contributed by atoms with Crippen LogP contribution >= 0.6 is 0 Å². The molecular weight excluding hydrogens is 470 g/mol. The number of esters is 1. The van der Waals surface area contributed by atoms with Gasteiger partial charge in [-0.1, -0.05) is 30.3 Å². The van der Waals surface area contributed by atoms with E-state index in [-0.39, 0.29) is 42.1 Å². The molecule has 3 heterocycles. The smallest absolute Gasteiger partial charge is 0.306 e. The number of ketones is 1. The second-order valence-corrected chi connectivity index (χ2v) is 11.2. The zero-order valence-corrected chi connectivity index (χ0v) is 20.7. The number of benzene rings is 1. The number of rotatable bonds is 8. The molecule has 9 nitrogen and oxygen atoms in total. The van der Waals surface area contributed by atoms with Gasteiger partial charge in [-0.15, -0.1) is 0 Å².